The van der Waals surface area contributed by atoms with Gasteiger partial charge in [0.1, 0.15) is 0 Å². The molecule has 0 saturated carbocycles. The standard InChI is InChI=1S/C18H27ClN2O2/c1-18(2,3)12-17(22)20-13-16(21-8-10-23-11-9-21)14-6-4-5-7-15(14)19/h4-7,16H,8-13H2,1-3H3,(H,20,22)/t16-/m0/s1. The molecule has 1 aliphatic rings. The summed E-state index contributed by atoms with van der Waals surface area (Å²) in [5.74, 6) is 0.0859. The van der Waals surface area contributed by atoms with Crippen molar-refractivity contribution in [2.24, 2.45) is 5.41 Å². The average molecular weight is 339 g/mol. The Morgan fingerprint density at radius 3 is 2.57 bits per heavy atom. The van der Waals surface area contributed by atoms with Crippen molar-refractivity contribution in [2.45, 2.75) is 33.2 Å². The molecule has 1 amide bonds. The molecule has 1 aliphatic heterocycles. The highest BCUT2D eigenvalue weighted by atomic mass is 35.5. The SMILES string of the molecule is CC(C)(C)CC(=O)NC[C@@H](c1ccccc1Cl)N1CCOCC1. The molecule has 128 valence electrons. The Morgan fingerprint density at radius 2 is 1.96 bits per heavy atom. The Labute approximate surface area is 144 Å². The number of amides is 1. The van der Waals surface area contributed by atoms with Gasteiger partial charge in [-0.1, -0.05) is 50.6 Å². The first-order valence-corrected chi connectivity index (χ1v) is 8.57. The van der Waals surface area contributed by atoms with Crippen molar-refractivity contribution >= 4 is 17.5 Å². The lowest BCUT2D eigenvalue weighted by atomic mass is 9.92. The summed E-state index contributed by atoms with van der Waals surface area (Å²) in [5, 5.41) is 3.83. The fraction of sp³-hybridized carbons (Fsp3) is 0.611. The van der Waals surface area contributed by atoms with Crippen LogP contribution in [-0.4, -0.2) is 43.7 Å². The Kier molecular flexibility index (Phi) is 6.45. The zero-order valence-electron chi connectivity index (χ0n) is 14.3. The third-order valence-corrected chi connectivity index (χ3v) is 4.28. The first-order chi connectivity index (χ1) is 10.9. The number of halogens is 1. The van der Waals surface area contributed by atoms with Gasteiger partial charge < -0.3 is 10.1 Å². The van der Waals surface area contributed by atoms with E-state index >= 15 is 0 Å². The first kappa shape index (κ1) is 18.2. The number of rotatable bonds is 5. The van der Waals surface area contributed by atoms with Gasteiger partial charge in [0, 0.05) is 31.1 Å². The lowest BCUT2D eigenvalue weighted by molar-refractivity contribution is -0.123. The molecule has 0 aliphatic carbocycles. The van der Waals surface area contributed by atoms with Crippen molar-refractivity contribution in [1.29, 1.82) is 0 Å². The minimum Gasteiger partial charge on any atom is -0.379 e. The van der Waals surface area contributed by atoms with Gasteiger partial charge >= 0.3 is 0 Å². The van der Waals surface area contributed by atoms with E-state index < -0.39 is 0 Å². The molecule has 1 saturated heterocycles. The van der Waals surface area contributed by atoms with Gasteiger partial charge in [-0.2, -0.15) is 0 Å². The Balaban J connectivity index is 2.08. The van der Waals surface area contributed by atoms with Gasteiger partial charge in [-0.25, -0.2) is 0 Å². The Hall–Kier alpha value is -1.10. The number of carbonyl (C=O) groups excluding carboxylic acids is 1. The van der Waals surface area contributed by atoms with Gasteiger partial charge in [-0.15, -0.1) is 0 Å². The third kappa shape index (κ3) is 5.79. The number of ether oxygens (including phenoxy) is 1. The topological polar surface area (TPSA) is 41.6 Å². The summed E-state index contributed by atoms with van der Waals surface area (Å²) in [6.45, 7) is 9.92. The largest absolute Gasteiger partial charge is 0.379 e. The predicted octanol–water partition coefficient (Wildman–Crippen LogP) is 3.27. The number of carbonyl (C=O) groups is 1. The molecule has 0 spiro atoms. The normalized spacial score (nSPS) is 17.7. The van der Waals surface area contributed by atoms with Crippen LogP contribution in [0, 0.1) is 5.41 Å². The highest BCUT2D eigenvalue weighted by Gasteiger charge is 2.25. The monoisotopic (exact) mass is 338 g/mol. The van der Waals surface area contributed by atoms with Gasteiger partial charge in [0.25, 0.3) is 0 Å². The molecular formula is C18H27ClN2O2. The fourth-order valence-electron chi connectivity index (χ4n) is 2.82. The Bertz CT molecular complexity index is 522. The highest BCUT2D eigenvalue weighted by molar-refractivity contribution is 6.31. The van der Waals surface area contributed by atoms with Gasteiger partial charge in [-0.3, -0.25) is 9.69 Å². The van der Waals surface area contributed by atoms with Gasteiger partial charge in [0.2, 0.25) is 5.91 Å². The van der Waals surface area contributed by atoms with Crippen LogP contribution in [0.5, 0.6) is 0 Å². The third-order valence-electron chi connectivity index (χ3n) is 3.93. The van der Waals surface area contributed by atoms with E-state index in [1.54, 1.807) is 0 Å². The van der Waals surface area contributed by atoms with Gasteiger partial charge in [0.05, 0.1) is 19.3 Å². The average Bonchev–Trinajstić information content (AvgIpc) is 2.48. The summed E-state index contributed by atoms with van der Waals surface area (Å²) in [4.78, 5) is 14.5. The molecule has 0 bridgehead atoms. The van der Waals surface area contributed by atoms with Crippen LogP contribution in [-0.2, 0) is 9.53 Å². The molecule has 1 N–H and O–H groups in total. The lowest BCUT2D eigenvalue weighted by Gasteiger charge is -2.35. The minimum atomic E-state index is -0.0110. The molecule has 4 nitrogen and oxygen atoms in total. The van der Waals surface area contributed by atoms with Crippen molar-refractivity contribution < 1.29 is 9.53 Å². The highest BCUT2D eigenvalue weighted by Crippen LogP contribution is 2.28. The van der Waals surface area contributed by atoms with E-state index in [0.717, 1.165) is 36.9 Å². The summed E-state index contributed by atoms with van der Waals surface area (Å²) in [6.07, 6.45) is 0.519. The van der Waals surface area contributed by atoms with E-state index in [-0.39, 0.29) is 17.4 Å². The number of nitrogens with one attached hydrogen (secondary N) is 1. The molecule has 1 fully saturated rings. The van der Waals surface area contributed by atoms with E-state index in [0.29, 0.717) is 13.0 Å². The number of hydrogen-bond acceptors (Lipinski definition) is 3. The molecule has 2 rings (SSSR count). The molecule has 1 heterocycles. The van der Waals surface area contributed by atoms with Crippen molar-refractivity contribution in [3.63, 3.8) is 0 Å². The number of benzene rings is 1. The van der Waals surface area contributed by atoms with Crippen LogP contribution < -0.4 is 5.32 Å². The van der Waals surface area contributed by atoms with E-state index in [1.165, 1.54) is 0 Å². The summed E-state index contributed by atoms with van der Waals surface area (Å²) in [6, 6.07) is 7.95. The molecule has 1 aromatic carbocycles. The first-order valence-electron chi connectivity index (χ1n) is 8.20. The van der Waals surface area contributed by atoms with E-state index in [9.17, 15) is 4.79 Å². The van der Waals surface area contributed by atoms with Crippen LogP contribution in [0.3, 0.4) is 0 Å². The quantitative estimate of drug-likeness (QED) is 0.896. The van der Waals surface area contributed by atoms with Crippen LogP contribution in [0.4, 0.5) is 0 Å². The fourth-order valence-corrected chi connectivity index (χ4v) is 3.09. The second-order valence-electron chi connectivity index (χ2n) is 7.23. The van der Waals surface area contributed by atoms with Crippen LogP contribution >= 0.6 is 11.6 Å². The van der Waals surface area contributed by atoms with Crippen LogP contribution in [0.15, 0.2) is 24.3 Å². The molecule has 23 heavy (non-hydrogen) atoms. The number of hydrogen-bond donors (Lipinski definition) is 1. The second-order valence-corrected chi connectivity index (χ2v) is 7.63. The van der Waals surface area contributed by atoms with Crippen molar-refractivity contribution in [3.8, 4) is 0 Å². The van der Waals surface area contributed by atoms with Crippen LogP contribution in [0.1, 0.15) is 38.8 Å². The van der Waals surface area contributed by atoms with Crippen molar-refractivity contribution in [1.82, 2.24) is 10.2 Å². The van der Waals surface area contributed by atoms with Crippen LogP contribution in [0.25, 0.3) is 0 Å². The van der Waals surface area contributed by atoms with Gasteiger partial charge in [-0.05, 0) is 17.0 Å². The van der Waals surface area contributed by atoms with Crippen LogP contribution in [0.2, 0.25) is 5.02 Å². The summed E-state index contributed by atoms with van der Waals surface area (Å²) >= 11 is 6.39. The molecular weight excluding hydrogens is 312 g/mol. The lowest BCUT2D eigenvalue weighted by Crippen LogP contribution is -2.44. The smallest absolute Gasteiger partial charge is 0.220 e. The molecule has 5 heteroatoms. The second kappa shape index (κ2) is 8.13. The predicted molar refractivity (Wildman–Crippen MR) is 93.7 cm³/mol. The zero-order valence-corrected chi connectivity index (χ0v) is 15.0. The summed E-state index contributed by atoms with van der Waals surface area (Å²) in [5.41, 5.74) is 1.05. The Morgan fingerprint density at radius 1 is 1.30 bits per heavy atom. The van der Waals surface area contributed by atoms with Crippen molar-refractivity contribution in [3.05, 3.63) is 34.9 Å². The summed E-state index contributed by atoms with van der Waals surface area (Å²) < 4.78 is 5.45. The minimum absolute atomic E-state index is 0.0110. The molecule has 0 aromatic heterocycles. The van der Waals surface area contributed by atoms with E-state index in [2.05, 4.69) is 31.0 Å². The maximum Gasteiger partial charge on any atom is 0.220 e. The molecule has 0 radical (unpaired) electrons. The molecule has 1 aromatic rings. The molecule has 1 atom stereocenters. The number of nitrogens with zero attached hydrogens (tertiary/aromatic N) is 1. The molecule has 0 unspecified atom stereocenters. The van der Waals surface area contributed by atoms with Crippen molar-refractivity contribution in [2.75, 3.05) is 32.8 Å². The zero-order chi connectivity index (χ0) is 16.9. The van der Waals surface area contributed by atoms with E-state index in [1.807, 2.05) is 24.3 Å². The van der Waals surface area contributed by atoms with Gasteiger partial charge in [0.15, 0.2) is 0 Å². The number of morpholine rings is 1. The van der Waals surface area contributed by atoms with E-state index in [4.69, 9.17) is 16.3 Å². The maximum absolute atomic E-state index is 12.2. The summed E-state index contributed by atoms with van der Waals surface area (Å²) in [7, 11) is 0. The maximum atomic E-state index is 12.2.